The van der Waals surface area contributed by atoms with Crippen molar-refractivity contribution in [1.29, 1.82) is 0 Å². The number of nitrogens with zero attached hydrogens (tertiary/aromatic N) is 1. The van der Waals surface area contributed by atoms with Crippen LogP contribution < -0.4 is 14.1 Å². The lowest BCUT2D eigenvalue weighted by atomic mass is 9.98. The van der Waals surface area contributed by atoms with Crippen LogP contribution in [0.4, 0.5) is 4.39 Å². The molecule has 0 saturated heterocycles. The molecule has 0 aromatic heterocycles. The second-order valence-electron chi connectivity index (χ2n) is 5.94. The Hall–Kier alpha value is -2.16. The Morgan fingerprint density at radius 1 is 1.20 bits per heavy atom. The zero-order chi connectivity index (χ0) is 18.0. The maximum absolute atomic E-state index is 13.3. The quantitative estimate of drug-likeness (QED) is 0.875. The van der Waals surface area contributed by atoms with Crippen LogP contribution in [0.3, 0.4) is 0 Å². The van der Waals surface area contributed by atoms with Crippen LogP contribution >= 0.6 is 0 Å². The van der Waals surface area contributed by atoms with E-state index in [2.05, 4.69) is 4.90 Å². The van der Waals surface area contributed by atoms with Crippen molar-refractivity contribution in [1.82, 2.24) is 4.90 Å². The number of fused-ring (bicyclic) bond motifs is 1. The fraction of sp³-hybridized carbons (Fsp3) is 0.294. The van der Waals surface area contributed by atoms with Gasteiger partial charge in [-0.3, -0.25) is 4.90 Å². The Labute approximate surface area is 146 Å². The van der Waals surface area contributed by atoms with Crippen LogP contribution in [-0.4, -0.2) is 27.0 Å². The molecular weight excluding hydrogens is 347 g/mol. The number of halogens is 1. The third kappa shape index (κ3) is 4.47. The van der Waals surface area contributed by atoms with Crippen molar-refractivity contribution in [2.75, 3.05) is 13.7 Å². The van der Waals surface area contributed by atoms with E-state index >= 15 is 0 Å². The first kappa shape index (κ1) is 17.7. The summed E-state index contributed by atoms with van der Waals surface area (Å²) in [6.07, 6.45) is 0.718. The summed E-state index contributed by atoms with van der Waals surface area (Å²) in [6, 6.07) is 9.95. The predicted molar refractivity (Wildman–Crippen MR) is 90.9 cm³/mol. The van der Waals surface area contributed by atoms with Gasteiger partial charge in [-0.2, -0.15) is 13.6 Å². The van der Waals surface area contributed by atoms with Crippen molar-refractivity contribution >= 4 is 10.3 Å². The molecule has 2 aromatic rings. The second-order valence-corrected chi connectivity index (χ2v) is 7.09. The van der Waals surface area contributed by atoms with E-state index in [1.807, 2.05) is 6.07 Å². The van der Waals surface area contributed by atoms with Crippen LogP contribution in [0.25, 0.3) is 0 Å². The minimum absolute atomic E-state index is 0.0855. The van der Waals surface area contributed by atoms with Gasteiger partial charge in [0, 0.05) is 19.6 Å². The molecule has 0 radical (unpaired) electrons. The second kappa shape index (κ2) is 6.99. The summed E-state index contributed by atoms with van der Waals surface area (Å²) in [6.45, 7) is 2.05. The number of ether oxygens (including phenoxy) is 1. The maximum Gasteiger partial charge on any atom is 0.380 e. The standard InChI is InChI=1S/C17H19FN2O4S/c1-23-16-9-14-11-20(10-12-3-2-4-15(18)7-12)6-5-13(14)8-17(16)24-25(19,21)22/h2-4,7-9H,5-6,10-11H2,1H3,(H2,19,21,22). The minimum atomic E-state index is -4.12. The number of rotatable bonds is 5. The normalized spacial score (nSPS) is 14.8. The molecule has 2 N–H and O–H groups in total. The topological polar surface area (TPSA) is 81.9 Å². The molecule has 0 bridgehead atoms. The van der Waals surface area contributed by atoms with Crippen LogP contribution in [0.2, 0.25) is 0 Å². The first-order chi connectivity index (χ1) is 11.8. The maximum atomic E-state index is 13.3. The molecule has 0 saturated carbocycles. The van der Waals surface area contributed by atoms with E-state index in [1.165, 1.54) is 19.2 Å². The van der Waals surface area contributed by atoms with E-state index in [4.69, 9.17) is 14.1 Å². The molecule has 0 spiro atoms. The lowest BCUT2D eigenvalue weighted by molar-refractivity contribution is 0.244. The van der Waals surface area contributed by atoms with E-state index in [0.29, 0.717) is 18.8 Å². The monoisotopic (exact) mass is 366 g/mol. The lowest BCUT2D eigenvalue weighted by Gasteiger charge is -2.29. The molecule has 0 atom stereocenters. The highest BCUT2D eigenvalue weighted by Crippen LogP contribution is 2.34. The van der Waals surface area contributed by atoms with Gasteiger partial charge in [-0.05, 0) is 47.4 Å². The van der Waals surface area contributed by atoms with Crippen molar-refractivity contribution in [3.05, 3.63) is 58.9 Å². The molecule has 0 aliphatic carbocycles. The summed E-state index contributed by atoms with van der Waals surface area (Å²) < 4.78 is 45.7. The Morgan fingerprint density at radius 2 is 1.96 bits per heavy atom. The number of nitrogens with two attached hydrogens (primary N) is 1. The van der Waals surface area contributed by atoms with Crippen molar-refractivity contribution < 1.29 is 21.7 Å². The minimum Gasteiger partial charge on any atom is -0.493 e. The Morgan fingerprint density at radius 3 is 2.64 bits per heavy atom. The fourth-order valence-electron chi connectivity index (χ4n) is 3.00. The smallest absolute Gasteiger partial charge is 0.380 e. The third-order valence-corrected chi connectivity index (χ3v) is 4.49. The van der Waals surface area contributed by atoms with E-state index in [1.54, 1.807) is 18.2 Å². The van der Waals surface area contributed by atoms with Crippen molar-refractivity contribution in [2.24, 2.45) is 5.14 Å². The first-order valence-corrected chi connectivity index (χ1v) is 9.20. The molecule has 0 unspecified atom stereocenters. The lowest BCUT2D eigenvalue weighted by Crippen LogP contribution is -2.30. The summed E-state index contributed by atoms with van der Waals surface area (Å²) >= 11 is 0. The molecular formula is C17H19FN2O4S. The first-order valence-electron chi connectivity index (χ1n) is 7.73. The number of hydrogen-bond acceptors (Lipinski definition) is 5. The van der Waals surface area contributed by atoms with E-state index < -0.39 is 10.3 Å². The third-order valence-electron chi connectivity index (χ3n) is 4.08. The van der Waals surface area contributed by atoms with Crippen LogP contribution in [0.1, 0.15) is 16.7 Å². The van der Waals surface area contributed by atoms with Gasteiger partial charge in [-0.25, -0.2) is 4.39 Å². The molecule has 8 heteroatoms. The average molecular weight is 366 g/mol. The van der Waals surface area contributed by atoms with Gasteiger partial charge in [0.2, 0.25) is 0 Å². The Kier molecular flexibility index (Phi) is 4.94. The number of benzene rings is 2. The van der Waals surface area contributed by atoms with Crippen molar-refractivity contribution in [3.8, 4) is 11.5 Å². The molecule has 3 rings (SSSR count). The van der Waals surface area contributed by atoms with E-state index in [9.17, 15) is 12.8 Å². The highest BCUT2D eigenvalue weighted by molar-refractivity contribution is 7.84. The SMILES string of the molecule is COc1cc2c(cc1OS(N)(=O)=O)CCN(Cc1cccc(F)c1)C2. The van der Waals surface area contributed by atoms with Gasteiger partial charge in [0.1, 0.15) is 5.82 Å². The molecule has 1 aliphatic heterocycles. The van der Waals surface area contributed by atoms with Crippen molar-refractivity contribution in [3.63, 3.8) is 0 Å². The molecule has 2 aromatic carbocycles. The van der Waals surface area contributed by atoms with Crippen LogP contribution in [0.5, 0.6) is 11.5 Å². The summed E-state index contributed by atoms with van der Waals surface area (Å²) in [5, 5.41) is 4.94. The molecule has 134 valence electrons. The summed E-state index contributed by atoms with van der Waals surface area (Å²) in [5.74, 6) is 0.143. The molecule has 6 nitrogen and oxygen atoms in total. The molecule has 0 fully saturated rings. The van der Waals surface area contributed by atoms with Crippen LogP contribution in [0.15, 0.2) is 36.4 Å². The van der Waals surface area contributed by atoms with Gasteiger partial charge >= 0.3 is 10.3 Å². The largest absolute Gasteiger partial charge is 0.493 e. The highest BCUT2D eigenvalue weighted by atomic mass is 32.2. The van der Waals surface area contributed by atoms with Gasteiger partial charge in [0.05, 0.1) is 7.11 Å². The van der Waals surface area contributed by atoms with Gasteiger partial charge in [-0.1, -0.05) is 12.1 Å². The fourth-order valence-corrected chi connectivity index (χ4v) is 3.38. The van der Waals surface area contributed by atoms with E-state index in [-0.39, 0.29) is 11.6 Å². The zero-order valence-electron chi connectivity index (χ0n) is 13.7. The summed E-state index contributed by atoms with van der Waals surface area (Å²) in [7, 11) is -2.68. The molecule has 0 amide bonds. The predicted octanol–water partition coefficient (Wildman–Crippen LogP) is 1.97. The molecule has 1 heterocycles. The van der Waals surface area contributed by atoms with Gasteiger partial charge in [-0.15, -0.1) is 0 Å². The highest BCUT2D eigenvalue weighted by Gasteiger charge is 2.21. The molecule has 1 aliphatic rings. The van der Waals surface area contributed by atoms with Crippen molar-refractivity contribution in [2.45, 2.75) is 19.5 Å². The number of methoxy groups -OCH3 is 1. The van der Waals surface area contributed by atoms with E-state index in [0.717, 1.165) is 29.7 Å². The zero-order valence-corrected chi connectivity index (χ0v) is 14.6. The molecule has 25 heavy (non-hydrogen) atoms. The van der Waals surface area contributed by atoms with Gasteiger partial charge in [0.25, 0.3) is 0 Å². The van der Waals surface area contributed by atoms with Gasteiger partial charge < -0.3 is 8.92 Å². The summed E-state index contributed by atoms with van der Waals surface area (Å²) in [4.78, 5) is 2.19. The summed E-state index contributed by atoms with van der Waals surface area (Å²) in [5.41, 5.74) is 2.90. The number of hydrogen-bond donors (Lipinski definition) is 1. The van der Waals surface area contributed by atoms with Gasteiger partial charge in [0.15, 0.2) is 11.5 Å². The van der Waals surface area contributed by atoms with Crippen LogP contribution in [0, 0.1) is 5.82 Å². The Balaban J connectivity index is 1.81. The average Bonchev–Trinajstić information content (AvgIpc) is 2.53. The van der Waals surface area contributed by atoms with Crippen LogP contribution in [-0.2, 0) is 29.8 Å². The Bertz CT molecular complexity index is 886.